The average Bonchev–Trinajstić information content (AvgIpc) is 2.30. The lowest BCUT2D eigenvalue weighted by Crippen LogP contribution is -2.28. The highest BCUT2D eigenvalue weighted by molar-refractivity contribution is 7.99. The molecule has 4 nitrogen and oxygen atoms in total. The van der Waals surface area contributed by atoms with E-state index in [2.05, 4.69) is 17.0 Å². The quantitative estimate of drug-likeness (QED) is 0.447. The summed E-state index contributed by atoms with van der Waals surface area (Å²) >= 11 is 1.75. The molecule has 0 saturated heterocycles. The van der Waals surface area contributed by atoms with Crippen LogP contribution in [0.4, 0.5) is 0 Å². The van der Waals surface area contributed by atoms with Crippen LogP contribution < -0.4 is 5.32 Å². The Morgan fingerprint density at radius 1 is 1.50 bits per heavy atom. The number of rotatable bonds is 10. The van der Waals surface area contributed by atoms with Crippen LogP contribution in [0, 0.1) is 0 Å². The average molecular weight is 249 g/mol. The van der Waals surface area contributed by atoms with Gasteiger partial charge >= 0.3 is 5.97 Å². The number of thioether (sulfide) groups is 1. The fourth-order valence-electron chi connectivity index (χ4n) is 1.24. The number of methoxy groups -OCH3 is 1. The monoisotopic (exact) mass is 249 g/mol. The molecule has 0 aromatic carbocycles. The van der Waals surface area contributed by atoms with Crippen LogP contribution >= 0.6 is 11.8 Å². The van der Waals surface area contributed by atoms with Gasteiger partial charge in [0, 0.05) is 30.7 Å². The van der Waals surface area contributed by atoms with Gasteiger partial charge in [-0.1, -0.05) is 0 Å². The topological polar surface area (TPSA) is 58.6 Å². The van der Waals surface area contributed by atoms with Gasteiger partial charge in [-0.3, -0.25) is 4.79 Å². The highest BCUT2D eigenvalue weighted by Gasteiger charge is 2.01. The molecular formula is C11H23NO3S. The van der Waals surface area contributed by atoms with Crippen LogP contribution in [0.5, 0.6) is 0 Å². The Labute approximate surface area is 102 Å². The molecule has 0 rings (SSSR count). The summed E-state index contributed by atoms with van der Waals surface area (Å²) in [6.07, 6.45) is 2.34. The van der Waals surface area contributed by atoms with Crippen molar-refractivity contribution in [3.8, 4) is 0 Å². The summed E-state index contributed by atoms with van der Waals surface area (Å²) in [7, 11) is 1.41. The Hall–Kier alpha value is -0.260. The first-order chi connectivity index (χ1) is 7.70. The van der Waals surface area contributed by atoms with Crippen molar-refractivity contribution in [2.45, 2.75) is 32.2 Å². The van der Waals surface area contributed by atoms with E-state index in [-0.39, 0.29) is 12.6 Å². The third-order valence-corrected chi connectivity index (χ3v) is 3.20. The van der Waals surface area contributed by atoms with Gasteiger partial charge in [0.15, 0.2) is 0 Å². The number of nitrogens with one attached hydrogen (secondary N) is 1. The van der Waals surface area contributed by atoms with Gasteiger partial charge in [-0.25, -0.2) is 0 Å². The van der Waals surface area contributed by atoms with Crippen LogP contribution in [0.3, 0.4) is 0 Å². The first kappa shape index (κ1) is 15.7. The molecule has 1 atom stereocenters. The zero-order valence-electron chi connectivity index (χ0n) is 10.2. The minimum atomic E-state index is -0.142. The number of aliphatic hydroxyl groups is 1. The van der Waals surface area contributed by atoms with Crippen molar-refractivity contribution in [1.82, 2.24) is 5.32 Å². The smallest absolute Gasteiger partial charge is 0.306 e. The lowest BCUT2D eigenvalue weighted by Gasteiger charge is -2.12. The Morgan fingerprint density at radius 2 is 2.25 bits per heavy atom. The van der Waals surface area contributed by atoms with E-state index in [1.807, 2.05) is 0 Å². The van der Waals surface area contributed by atoms with Crippen molar-refractivity contribution in [1.29, 1.82) is 0 Å². The predicted octanol–water partition coefficient (Wildman–Crippen LogP) is 1.03. The van der Waals surface area contributed by atoms with E-state index in [1.54, 1.807) is 11.8 Å². The molecule has 0 aliphatic carbocycles. The minimum Gasteiger partial charge on any atom is -0.469 e. The highest BCUT2D eigenvalue weighted by Crippen LogP contribution is 2.02. The van der Waals surface area contributed by atoms with Gasteiger partial charge < -0.3 is 15.2 Å². The van der Waals surface area contributed by atoms with Crippen LogP contribution in [0.2, 0.25) is 0 Å². The maximum Gasteiger partial charge on any atom is 0.306 e. The maximum absolute atomic E-state index is 10.8. The van der Waals surface area contributed by atoms with Crippen molar-refractivity contribution in [2.24, 2.45) is 0 Å². The molecule has 0 amide bonds. The lowest BCUT2D eigenvalue weighted by atomic mass is 10.2. The number of hydrogen-bond acceptors (Lipinski definition) is 5. The van der Waals surface area contributed by atoms with Gasteiger partial charge in [0.25, 0.3) is 0 Å². The van der Waals surface area contributed by atoms with Gasteiger partial charge in [-0.2, -0.15) is 11.8 Å². The van der Waals surface area contributed by atoms with Gasteiger partial charge in [0.2, 0.25) is 0 Å². The summed E-state index contributed by atoms with van der Waals surface area (Å²) in [6.45, 7) is 3.33. The molecule has 16 heavy (non-hydrogen) atoms. The largest absolute Gasteiger partial charge is 0.469 e. The zero-order valence-corrected chi connectivity index (χ0v) is 11.0. The van der Waals surface area contributed by atoms with Crippen molar-refractivity contribution in [3.05, 3.63) is 0 Å². The first-order valence-corrected chi connectivity index (χ1v) is 6.85. The van der Waals surface area contributed by atoms with E-state index in [0.717, 1.165) is 30.9 Å². The summed E-state index contributed by atoms with van der Waals surface area (Å²) < 4.78 is 4.55. The van der Waals surface area contributed by atoms with Gasteiger partial charge in [-0.15, -0.1) is 0 Å². The van der Waals surface area contributed by atoms with Crippen LogP contribution in [-0.2, 0) is 9.53 Å². The maximum atomic E-state index is 10.8. The molecule has 0 saturated carbocycles. The second kappa shape index (κ2) is 11.2. The fraction of sp³-hybridized carbons (Fsp3) is 0.909. The Kier molecular flexibility index (Phi) is 11.0. The summed E-state index contributed by atoms with van der Waals surface area (Å²) in [5, 5.41) is 12.0. The molecule has 96 valence electrons. The van der Waals surface area contributed by atoms with Crippen LogP contribution in [0.25, 0.3) is 0 Å². The number of esters is 1. The minimum absolute atomic E-state index is 0.142. The Bertz CT molecular complexity index is 179. The third-order valence-electron chi connectivity index (χ3n) is 2.21. The van der Waals surface area contributed by atoms with Crippen molar-refractivity contribution in [2.75, 3.05) is 31.8 Å². The van der Waals surface area contributed by atoms with E-state index in [9.17, 15) is 4.79 Å². The summed E-state index contributed by atoms with van der Waals surface area (Å²) in [5.74, 6) is 1.68. The number of carbonyl (C=O) groups is 1. The molecule has 0 radical (unpaired) electrons. The predicted molar refractivity (Wildman–Crippen MR) is 67.7 cm³/mol. The SMILES string of the molecule is COC(=O)CCSCCNC(C)CCCO. The molecule has 0 fully saturated rings. The molecule has 0 heterocycles. The van der Waals surface area contributed by atoms with Crippen LogP contribution in [0.1, 0.15) is 26.2 Å². The molecule has 0 aromatic heterocycles. The molecule has 2 N–H and O–H groups in total. The lowest BCUT2D eigenvalue weighted by molar-refractivity contribution is -0.140. The summed E-state index contributed by atoms with van der Waals surface area (Å²) in [5.41, 5.74) is 0. The number of ether oxygens (including phenoxy) is 1. The molecule has 0 aliphatic rings. The second-order valence-electron chi connectivity index (χ2n) is 3.66. The van der Waals surface area contributed by atoms with Crippen molar-refractivity contribution >= 4 is 17.7 Å². The molecule has 1 unspecified atom stereocenters. The summed E-state index contributed by atoms with van der Waals surface area (Å²) in [4.78, 5) is 10.8. The molecule has 0 aliphatic heterocycles. The first-order valence-electron chi connectivity index (χ1n) is 5.69. The fourth-order valence-corrected chi connectivity index (χ4v) is 2.01. The van der Waals surface area contributed by atoms with Gasteiger partial charge in [0.05, 0.1) is 13.5 Å². The van der Waals surface area contributed by atoms with E-state index >= 15 is 0 Å². The van der Waals surface area contributed by atoms with E-state index in [0.29, 0.717) is 12.5 Å². The normalized spacial score (nSPS) is 12.4. The Balaban J connectivity index is 3.17. The summed E-state index contributed by atoms with van der Waals surface area (Å²) in [6, 6.07) is 0.452. The number of carbonyl (C=O) groups excluding carboxylic acids is 1. The van der Waals surface area contributed by atoms with Crippen molar-refractivity contribution in [3.63, 3.8) is 0 Å². The third kappa shape index (κ3) is 10.3. The molecule has 0 spiro atoms. The number of hydrogen-bond donors (Lipinski definition) is 2. The zero-order chi connectivity index (χ0) is 12.2. The number of aliphatic hydroxyl groups excluding tert-OH is 1. The van der Waals surface area contributed by atoms with Crippen molar-refractivity contribution < 1.29 is 14.6 Å². The Morgan fingerprint density at radius 3 is 2.88 bits per heavy atom. The molecule has 0 aromatic rings. The standard InChI is InChI=1S/C11H23NO3S/c1-10(4-3-7-13)12-6-9-16-8-5-11(14)15-2/h10,12-13H,3-9H2,1-2H3. The van der Waals surface area contributed by atoms with Gasteiger partial charge in [-0.05, 0) is 19.8 Å². The van der Waals surface area contributed by atoms with E-state index in [1.165, 1.54) is 7.11 Å². The molecule has 5 heteroatoms. The van der Waals surface area contributed by atoms with E-state index < -0.39 is 0 Å². The molecular weight excluding hydrogens is 226 g/mol. The highest BCUT2D eigenvalue weighted by atomic mass is 32.2. The van der Waals surface area contributed by atoms with Gasteiger partial charge in [0.1, 0.15) is 0 Å². The second-order valence-corrected chi connectivity index (χ2v) is 4.88. The van der Waals surface area contributed by atoms with Crippen LogP contribution in [-0.4, -0.2) is 48.9 Å². The van der Waals surface area contributed by atoms with Crippen LogP contribution in [0.15, 0.2) is 0 Å². The van der Waals surface area contributed by atoms with E-state index in [4.69, 9.17) is 5.11 Å². The molecule has 0 bridgehead atoms.